The van der Waals surface area contributed by atoms with Crippen molar-refractivity contribution in [2.75, 3.05) is 13.9 Å². The molecule has 1 aliphatic heterocycles. The summed E-state index contributed by atoms with van der Waals surface area (Å²) < 4.78 is 15.6. The number of benzene rings is 2. The van der Waals surface area contributed by atoms with E-state index in [1.165, 1.54) is 13.3 Å². The number of methoxy groups -OCH3 is 1. The lowest BCUT2D eigenvalue weighted by atomic mass is 10.2. The Labute approximate surface area is 160 Å². The maximum atomic E-state index is 11.9. The monoisotopic (exact) mass is 389 g/mol. The van der Waals surface area contributed by atoms with E-state index in [1.54, 1.807) is 36.4 Å². The third-order valence-corrected chi connectivity index (χ3v) is 3.89. The van der Waals surface area contributed by atoms with Gasteiger partial charge in [0.1, 0.15) is 5.75 Å². The number of amides is 2. The molecule has 2 aromatic rings. The smallest absolute Gasteiger partial charge is 0.329 e. The zero-order valence-electron chi connectivity index (χ0n) is 14.3. The highest BCUT2D eigenvalue weighted by atomic mass is 35.5. The number of nitrogens with zero attached hydrogens (tertiary/aromatic N) is 1. The van der Waals surface area contributed by atoms with Crippen molar-refractivity contribution < 1.29 is 23.8 Å². The second kappa shape index (κ2) is 8.41. The summed E-state index contributed by atoms with van der Waals surface area (Å²) in [5.74, 6) is 0.0698. The van der Waals surface area contributed by atoms with Crippen LogP contribution in [0.5, 0.6) is 17.2 Å². The Bertz CT molecular complexity index is 901. The van der Waals surface area contributed by atoms with Crippen molar-refractivity contribution >= 4 is 29.6 Å². The Morgan fingerprint density at radius 1 is 1.19 bits per heavy atom. The van der Waals surface area contributed by atoms with Crippen LogP contribution in [-0.4, -0.2) is 31.9 Å². The number of halogens is 1. The zero-order chi connectivity index (χ0) is 19.2. The molecule has 2 N–H and O–H groups in total. The van der Waals surface area contributed by atoms with Crippen LogP contribution in [-0.2, 0) is 16.1 Å². The van der Waals surface area contributed by atoms with Gasteiger partial charge in [0.25, 0.3) is 0 Å². The molecule has 8 nitrogen and oxygen atoms in total. The predicted octanol–water partition coefficient (Wildman–Crippen LogP) is 1.84. The van der Waals surface area contributed by atoms with Gasteiger partial charge >= 0.3 is 11.8 Å². The van der Waals surface area contributed by atoms with Crippen LogP contribution in [0.3, 0.4) is 0 Å². The predicted molar refractivity (Wildman–Crippen MR) is 98.2 cm³/mol. The second-order valence-corrected chi connectivity index (χ2v) is 5.89. The second-order valence-electron chi connectivity index (χ2n) is 5.46. The van der Waals surface area contributed by atoms with Gasteiger partial charge in [-0.2, -0.15) is 5.10 Å². The van der Waals surface area contributed by atoms with Gasteiger partial charge in [0.05, 0.1) is 13.3 Å². The van der Waals surface area contributed by atoms with E-state index in [2.05, 4.69) is 15.8 Å². The molecule has 27 heavy (non-hydrogen) atoms. The molecule has 0 aliphatic carbocycles. The van der Waals surface area contributed by atoms with Gasteiger partial charge in [-0.05, 0) is 35.9 Å². The van der Waals surface area contributed by atoms with Gasteiger partial charge in [-0.25, -0.2) is 5.43 Å². The fourth-order valence-electron chi connectivity index (χ4n) is 2.33. The molecule has 0 unspecified atom stereocenters. The summed E-state index contributed by atoms with van der Waals surface area (Å²) in [6.07, 6.45) is 1.34. The molecule has 0 fully saturated rings. The highest BCUT2D eigenvalue weighted by molar-refractivity contribution is 6.35. The van der Waals surface area contributed by atoms with E-state index in [0.29, 0.717) is 27.8 Å². The fourth-order valence-corrected chi connectivity index (χ4v) is 2.51. The molecule has 0 radical (unpaired) electrons. The Kier molecular flexibility index (Phi) is 5.77. The topological polar surface area (TPSA) is 98.2 Å². The molecular formula is C18H16ClN3O5. The van der Waals surface area contributed by atoms with Crippen molar-refractivity contribution in [3.63, 3.8) is 0 Å². The maximum Gasteiger partial charge on any atom is 0.329 e. The molecule has 3 rings (SSSR count). The van der Waals surface area contributed by atoms with E-state index in [1.807, 2.05) is 0 Å². The van der Waals surface area contributed by atoms with E-state index < -0.39 is 11.8 Å². The Balaban J connectivity index is 1.52. The molecule has 2 aromatic carbocycles. The van der Waals surface area contributed by atoms with Gasteiger partial charge in [-0.3, -0.25) is 9.59 Å². The number of fused-ring (bicyclic) bond motifs is 1. The SMILES string of the molecule is COc1ccc(Cl)cc1/C=N\NC(=O)C(=O)NCc1ccc2c(c1)OCO2. The molecule has 0 aromatic heterocycles. The minimum atomic E-state index is -0.895. The molecule has 0 atom stereocenters. The highest BCUT2D eigenvalue weighted by Crippen LogP contribution is 2.32. The van der Waals surface area contributed by atoms with Crippen molar-refractivity contribution in [2.45, 2.75) is 6.54 Å². The molecule has 140 valence electrons. The van der Waals surface area contributed by atoms with E-state index in [-0.39, 0.29) is 13.3 Å². The van der Waals surface area contributed by atoms with Crippen LogP contribution >= 0.6 is 11.6 Å². The molecule has 0 bridgehead atoms. The number of hydrogen-bond donors (Lipinski definition) is 2. The lowest BCUT2D eigenvalue weighted by Crippen LogP contribution is -2.37. The van der Waals surface area contributed by atoms with Crippen LogP contribution in [0, 0.1) is 0 Å². The van der Waals surface area contributed by atoms with Gasteiger partial charge in [0, 0.05) is 17.1 Å². The van der Waals surface area contributed by atoms with Gasteiger partial charge in [-0.15, -0.1) is 0 Å². The fraction of sp³-hybridized carbons (Fsp3) is 0.167. The number of nitrogens with one attached hydrogen (secondary N) is 2. The third-order valence-electron chi connectivity index (χ3n) is 3.66. The minimum Gasteiger partial charge on any atom is -0.496 e. The number of rotatable bonds is 5. The summed E-state index contributed by atoms with van der Waals surface area (Å²) in [6, 6.07) is 10.2. The number of carbonyl (C=O) groups excluding carboxylic acids is 2. The Morgan fingerprint density at radius 2 is 2.00 bits per heavy atom. The van der Waals surface area contributed by atoms with E-state index in [9.17, 15) is 9.59 Å². The number of carbonyl (C=O) groups is 2. The number of hydrogen-bond acceptors (Lipinski definition) is 6. The molecule has 9 heteroatoms. The van der Waals surface area contributed by atoms with Crippen LogP contribution in [0.2, 0.25) is 5.02 Å². The van der Waals surface area contributed by atoms with Crippen LogP contribution < -0.4 is 25.0 Å². The lowest BCUT2D eigenvalue weighted by Gasteiger charge is -2.06. The van der Waals surface area contributed by atoms with E-state index >= 15 is 0 Å². The Hall–Kier alpha value is -3.26. The average molecular weight is 390 g/mol. The standard InChI is InChI=1S/C18H16ClN3O5/c1-25-14-5-3-13(19)7-12(14)9-21-22-18(24)17(23)20-8-11-2-4-15-16(6-11)27-10-26-15/h2-7,9H,8,10H2,1H3,(H,20,23)(H,22,24)/b21-9-. The quantitative estimate of drug-likeness (QED) is 0.462. The van der Waals surface area contributed by atoms with Crippen molar-refractivity contribution in [3.8, 4) is 17.2 Å². The van der Waals surface area contributed by atoms with Gasteiger partial charge in [0.15, 0.2) is 11.5 Å². The van der Waals surface area contributed by atoms with Gasteiger partial charge in [-0.1, -0.05) is 17.7 Å². The summed E-state index contributed by atoms with van der Waals surface area (Å²) in [5.41, 5.74) is 3.49. The number of hydrazone groups is 1. The van der Waals surface area contributed by atoms with Crippen molar-refractivity contribution in [1.29, 1.82) is 0 Å². The molecular weight excluding hydrogens is 374 g/mol. The average Bonchev–Trinajstić information content (AvgIpc) is 3.14. The summed E-state index contributed by atoms with van der Waals surface area (Å²) in [6.45, 7) is 0.331. The summed E-state index contributed by atoms with van der Waals surface area (Å²) >= 11 is 5.91. The van der Waals surface area contributed by atoms with Gasteiger partial charge in [0.2, 0.25) is 6.79 Å². The van der Waals surface area contributed by atoms with Crippen molar-refractivity contribution in [1.82, 2.24) is 10.7 Å². The highest BCUT2D eigenvalue weighted by Gasteiger charge is 2.15. The normalized spacial score (nSPS) is 12.1. The summed E-state index contributed by atoms with van der Waals surface area (Å²) in [5, 5.41) is 6.75. The van der Waals surface area contributed by atoms with Crippen LogP contribution in [0.25, 0.3) is 0 Å². The first-order valence-electron chi connectivity index (χ1n) is 7.90. The Morgan fingerprint density at radius 3 is 2.81 bits per heavy atom. The molecule has 1 heterocycles. The van der Waals surface area contributed by atoms with Crippen molar-refractivity contribution in [3.05, 3.63) is 52.5 Å². The van der Waals surface area contributed by atoms with E-state index in [0.717, 1.165) is 5.56 Å². The van der Waals surface area contributed by atoms with Crippen LogP contribution in [0.15, 0.2) is 41.5 Å². The molecule has 2 amide bonds. The maximum absolute atomic E-state index is 11.9. The first-order valence-corrected chi connectivity index (χ1v) is 8.28. The number of ether oxygens (including phenoxy) is 3. The largest absolute Gasteiger partial charge is 0.496 e. The summed E-state index contributed by atoms with van der Waals surface area (Å²) in [4.78, 5) is 23.7. The molecule has 1 aliphatic rings. The molecule has 0 saturated carbocycles. The van der Waals surface area contributed by atoms with E-state index in [4.69, 9.17) is 25.8 Å². The van der Waals surface area contributed by atoms with Crippen molar-refractivity contribution in [2.24, 2.45) is 5.10 Å². The minimum absolute atomic E-state index is 0.161. The molecule has 0 spiro atoms. The van der Waals surface area contributed by atoms with Crippen LogP contribution in [0.4, 0.5) is 0 Å². The zero-order valence-corrected chi connectivity index (χ0v) is 15.1. The first-order chi connectivity index (χ1) is 13.1. The van der Waals surface area contributed by atoms with Gasteiger partial charge < -0.3 is 19.5 Å². The van der Waals surface area contributed by atoms with Crippen LogP contribution in [0.1, 0.15) is 11.1 Å². The first kappa shape index (κ1) is 18.5. The lowest BCUT2D eigenvalue weighted by molar-refractivity contribution is -0.139. The summed E-state index contributed by atoms with van der Waals surface area (Å²) in [7, 11) is 1.50. The third kappa shape index (κ3) is 4.68. The molecule has 0 saturated heterocycles.